The molecule has 1 saturated heterocycles. The number of sulfone groups is 1. The second-order valence-corrected chi connectivity index (χ2v) is 7.13. The first-order valence-electron chi connectivity index (χ1n) is 6.83. The highest BCUT2D eigenvalue weighted by molar-refractivity contribution is 7.91. The van der Waals surface area contributed by atoms with Crippen LogP contribution in [0.15, 0.2) is 0 Å². The van der Waals surface area contributed by atoms with Gasteiger partial charge in [0.2, 0.25) is 5.91 Å². The van der Waals surface area contributed by atoms with Gasteiger partial charge in [-0.15, -0.1) is 0 Å². The highest BCUT2D eigenvalue weighted by Gasteiger charge is 2.13. The molecule has 0 aromatic rings. The largest absolute Gasteiger partial charge is 0.378 e. The number of amides is 1. The molecule has 0 aliphatic carbocycles. The van der Waals surface area contributed by atoms with Gasteiger partial charge in [-0.2, -0.15) is 0 Å². The fourth-order valence-corrected chi connectivity index (χ4v) is 2.56. The first kappa shape index (κ1) is 16.4. The predicted molar refractivity (Wildman–Crippen MR) is 73.8 cm³/mol. The van der Waals surface area contributed by atoms with Crippen molar-refractivity contribution in [2.75, 3.05) is 37.7 Å². The Morgan fingerprint density at radius 2 is 2.05 bits per heavy atom. The number of hydrogen-bond acceptors (Lipinski definition) is 5. The topological polar surface area (TPSA) is 84.5 Å². The highest BCUT2D eigenvalue weighted by Crippen LogP contribution is 2.07. The number of ether oxygens (including phenoxy) is 1. The minimum atomic E-state index is -3.01. The number of carbonyl (C=O) groups is 1. The maximum Gasteiger partial charge on any atom is 0.222 e. The molecular formula is C12H24N2O4S. The van der Waals surface area contributed by atoms with Gasteiger partial charge in [0.1, 0.15) is 0 Å². The van der Waals surface area contributed by atoms with Gasteiger partial charge in [-0.1, -0.05) is 6.92 Å². The molecular weight excluding hydrogens is 268 g/mol. The van der Waals surface area contributed by atoms with Crippen molar-refractivity contribution in [1.29, 1.82) is 0 Å². The molecule has 1 aliphatic heterocycles. The summed E-state index contributed by atoms with van der Waals surface area (Å²) in [6.45, 7) is 4.11. The average molecular weight is 292 g/mol. The van der Waals surface area contributed by atoms with E-state index in [1.54, 1.807) is 6.92 Å². The van der Waals surface area contributed by atoms with Crippen LogP contribution in [0.2, 0.25) is 0 Å². The van der Waals surface area contributed by atoms with Crippen LogP contribution in [0.3, 0.4) is 0 Å². The molecule has 0 radical (unpaired) electrons. The average Bonchev–Trinajstić information content (AvgIpc) is 2.40. The van der Waals surface area contributed by atoms with Crippen molar-refractivity contribution in [1.82, 2.24) is 10.6 Å². The van der Waals surface area contributed by atoms with Gasteiger partial charge < -0.3 is 15.4 Å². The number of carbonyl (C=O) groups excluding carboxylic acids is 1. The zero-order chi connectivity index (χ0) is 14.1. The van der Waals surface area contributed by atoms with E-state index in [4.69, 9.17) is 4.74 Å². The van der Waals surface area contributed by atoms with Crippen LogP contribution in [-0.4, -0.2) is 58.2 Å². The van der Waals surface area contributed by atoms with E-state index in [0.717, 1.165) is 25.9 Å². The molecule has 112 valence electrons. The smallest absolute Gasteiger partial charge is 0.222 e. The van der Waals surface area contributed by atoms with Gasteiger partial charge >= 0.3 is 0 Å². The molecule has 6 nitrogen and oxygen atoms in total. The summed E-state index contributed by atoms with van der Waals surface area (Å²) in [5, 5.41) is 5.85. The number of piperidine rings is 1. The lowest BCUT2D eigenvalue weighted by Crippen LogP contribution is -2.34. The monoisotopic (exact) mass is 292 g/mol. The fraction of sp³-hybridized carbons (Fsp3) is 0.917. The maximum atomic E-state index is 11.5. The summed E-state index contributed by atoms with van der Waals surface area (Å²) in [6.07, 6.45) is 2.50. The predicted octanol–water partition coefficient (Wildman–Crippen LogP) is -0.304. The van der Waals surface area contributed by atoms with Crippen LogP contribution in [0.4, 0.5) is 0 Å². The number of hydrogen-bond donors (Lipinski definition) is 2. The summed E-state index contributed by atoms with van der Waals surface area (Å²) in [6, 6.07) is 0. The normalized spacial score (nSPS) is 17.3. The van der Waals surface area contributed by atoms with Crippen molar-refractivity contribution in [2.45, 2.75) is 32.3 Å². The molecule has 0 atom stereocenters. The third-order valence-corrected chi connectivity index (χ3v) is 4.85. The lowest BCUT2D eigenvalue weighted by Gasteiger charge is -2.22. The molecule has 1 rings (SSSR count). The van der Waals surface area contributed by atoms with E-state index >= 15 is 0 Å². The van der Waals surface area contributed by atoms with Crippen molar-refractivity contribution >= 4 is 15.7 Å². The van der Waals surface area contributed by atoms with Crippen LogP contribution in [0.25, 0.3) is 0 Å². The molecule has 0 aromatic carbocycles. The summed E-state index contributed by atoms with van der Waals surface area (Å²) >= 11 is 0. The molecule has 1 aliphatic rings. The van der Waals surface area contributed by atoms with Crippen LogP contribution in [-0.2, 0) is 19.4 Å². The first-order chi connectivity index (χ1) is 9.03. The minimum Gasteiger partial charge on any atom is -0.378 e. The Bertz CT molecular complexity index is 364. The molecule has 1 heterocycles. The van der Waals surface area contributed by atoms with E-state index in [-0.39, 0.29) is 36.5 Å². The van der Waals surface area contributed by atoms with Gasteiger partial charge in [-0.05, 0) is 25.9 Å². The van der Waals surface area contributed by atoms with E-state index in [9.17, 15) is 13.2 Å². The third kappa shape index (κ3) is 7.49. The standard InChI is InChI=1S/C12H24N2O4S/c1-2-19(16,17)10-8-14-12(15)5-9-18-11-3-6-13-7-4-11/h11,13H,2-10H2,1H3,(H,14,15). The first-order valence-corrected chi connectivity index (χ1v) is 8.65. The molecule has 0 aromatic heterocycles. The van der Waals surface area contributed by atoms with E-state index < -0.39 is 9.84 Å². The highest BCUT2D eigenvalue weighted by atomic mass is 32.2. The van der Waals surface area contributed by atoms with Crippen LogP contribution >= 0.6 is 0 Å². The van der Waals surface area contributed by atoms with Crippen LogP contribution < -0.4 is 10.6 Å². The summed E-state index contributed by atoms with van der Waals surface area (Å²) < 4.78 is 28.0. The van der Waals surface area contributed by atoms with E-state index in [2.05, 4.69) is 10.6 Å². The summed E-state index contributed by atoms with van der Waals surface area (Å²) in [7, 11) is -3.01. The molecule has 19 heavy (non-hydrogen) atoms. The van der Waals surface area contributed by atoms with E-state index in [0.29, 0.717) is 6.61 Å². The Morgan fingerprint density at radius 3 is 2.68 bits per heavy atom. The third-order valence-electron chi connectivity index (χ3n) is 3.14. The van der Waals surface area contributed by atoms with Crippen LogP contribution in [0.1, 0.15) is 26.2 Å². The molecule has 1 fully saturated rings. The van der Waals surface area contributed by atoms with Gasteiger partial charge in [0.15, 0.2) is 9.84 Å². The Morgan fingerprint density at radius 1 is 1.37 bits per heavy atom. The Balaban J connectivity index is 2.04. The van der Waals surface area contributed by atoms with E-state index in [1.165, 1.54) is 0 Å². The van der Waals surface area contributed by atoms with Gasteiger partial charge in [0.05, 0.1) is 18.5 Å². The van der Waals surface area contributed by atoms with Crippen molar-refractivity contribution < 1.29 is 17.9 Å². The number of rotatable bonds is 8. The van der Waals surface area contributed by atoms with Gasteiger partial charge in [-0.3, -0.25) is 4.79 Å². The molecule has 0 unspecified atom stereocenters. The summed E-state index contributed by atoms with van der Waals surface area (Å²) in [5.74, 6) is -0.0354. The molecule has 7 heteroatoms. The second-order valence-electron chi connectivity index (χ2n) is 4.66. The van der Waals surface area contributed by atoms with Gasteiger partial charge in [0, 0.05) is 18.7 Å². The van der Waals surface area contributed by atoms with Crippen LogP contribution in [0.5, 0.6) is 0 Å². The quantitative estimate of drug-likeness (QED) is 0.641. The molecule has 0 saturated carbocycles. The van der Waals surface area contributed by atoms with Crippen molar-refractivity contribution in [3.8, 4) is 0 Å². The SMILES string of the molecule is CCS(=O)(=O)CCNC(=O)CCOC1CCNCC1. The summed E-state index contributed by atoms with van der Waals surface area (Å²) in [5.41, 5.74) is 0. The lowest BCUT2D eigenvalue weighted by atomic mass is 10.1. The Labute approximate surface area is 115 Å². The second kappa shape index (κ2) is 8.50. The molecule has 0 spiro atoms. The Hall–Kier alpha value is -0.660. The van der Waals surface area contributed by atoms with Gasteiger partial charge in [-0.25, -0.2) is 8.42 Å². The van der Waals surface area contributed by atoms with Gasteiger partial charge in [0.25, 0.3) is 0 Å². The molecule has 0 bridgehead atoms. The number of nitrogens with one attached hydrogen (secondary N) is 2. The fourth-order valence-electron chi connectivity index (χ4n) is 1.86. The van der Waals surface area contributed by atoms with Crippen LogP contribution in [0, 0.1) is 0 Å². The van der Waals surface area contributed by atoms with Crippen molar-refractivity contribution in [3.63, 3.8) is 0 Å². The lowest BCUT2D eigenvalue weighted by molar-refractivity contribution is -0.122. The molecule has 1 amide bonds. The maximum absolute atomic E-state index is 11.5. The zero-order valence-corrected chi connectivity index (χ0v) is 12.3. The molecule has 2 N–H and O–H groups in total. The van der Waals surface area contributed by atoms with Crippen molar-refractivity contribution in [2.24, 2.45) is 0 Å². The zero-order valence-electron chi connectivity index (χ0n) is 11.5. The minimum absolute atomic E-state index is 0.00436. The van der Waals surface area contributed by atoms with E-state index in [1.807, 2.05) is 0 Å². The Kier molecular flexibility index (Phi) is 7.33. The summed E-state index contributed by atoms with van der Waals surface area (Å²) in [4.78, 5) is 11.5. The van der Waals surface area contributed by atoms with Crippen molar-refractivity contribution in [3.05, 3.63) is 0 Å².